The molecule has 10 heteroatoms. The van der Waals surface area contributed by atoms with Gasteiger partial charge in [0.2, 0.25) is 0 Å². The first-order chi connectivity index (χ1) is 27.3. The van der Waals surface area contributed by atoms with E-state index in [4.69, 9.17) is 24.3 Å². The van der Waals surface area contributed by atoms with E-state index < -0.39 is 26.5 Å². The Morgan fingerprint density at radius 1 is 0.536 bits per heavy atom. The summed E-state index contributed by atoms with van der Waals surface area (Å²) in [7, 11) is -4.38. The van der Waals surface area contributed by atoms with Crippen LogP contribution in [0.5, 0.6) is 0 Å². The van der Waals surface area contributed by atoms with Gasteiger partial charge < -0.3 is 20.1 Å². The summed E-state index contributed by atoms with van der Waals surface area (Å²) in [6.45, 7) is 3.73. The van der Waals surface area contributed by atoms with Gasteiger partial charge in [0.25, 0.3) is 0 Å². The summed E-state index contributed by atoms with van der Waals surface area (Å²) >= 11 is 0. The fraction of sp³-hybridized carbons (Fsp3) is 0.870. The normalized spacial score (nSPS) is 13.4. The largest absolute Gasteiger partial charge is 0.472 e. The molecule has 56 heavy (non-hydrogen) atoms. The van der Waals surface area contributed by atoms with Crippen molar-refractivity contribution in [2.45, 2.75) is 232 Å². The van der Waals surface area contributed by atoms with E-state index in [2.05, 4.69) is 38.2 Å². The zero-order chi connectivity index (χ0) is 41.1. The third kappa shape index (κ3) is 42.1. The van der Waals surface area contributed by atoms with E-state index in [0.29, 0.717) is 6.42 Å². The Bertz CT molecular complexity index is 975. The van der Waals surface area contributed by atoms with Crippen molar-refractivity contribution in [3.8, 4) is 0 Å². The minimum atomic E-state index is -4.38. The molecule has 0 aliphatic rings. The lowest BCUT2D eigenvalue weighted by atomic mass is 10.0. The first-order valence-electron chi connectivity index (χ1n) is 23.3. The van der Waals surface area contributed by atoms with Crippen molar-refractivity contribution in [2.24, 2.45) is 5.73 Å². The van der Waals surface area contributed by atoms with E-state index in [1.165, 1.54) is 135 Å². The highest BCUT2D eigenvalue weighted by Gasteiger charge is 2.26. The van der Waals surface area contributed by atoms with Crippen LogP contribution in [-0.4, -0.2) is 49.3 Å². The third-order valence-corrected chi connectivity index (χ3v) is 11.1. The molecule has 0 rings (SSSR count). The number of rotatable bonds is 44. The predicted octanol–water partition coefficient (Wildman–Crippen LogP) is 13.6. The molecular formula is C46H88NO8P. The standard InChI is InChI=1S/C46H88NO8P/c1-3-5-7-9-11-13-15-17-19-21-22-23-25-26-28-30-32-34-36-38-45(48)52-42-44(43-54-56(50,51)53-41-40-47)55-46(49)39-37-35-33-31-29-27-24-20-18-16-14-12-10-8-6-4-2/h14,16,20,24,44H,3-13,15,17-19,21-23,25-43,47H2,1-2H3,(H,50,51)/b16-14-,24-20-. The van der Waals surface area contributed by atoms with E-state index in [1.54, 1.807) is 0 Å². The van der Waals surface area contributed by atoms with Crippen LogP contribution in [0.3, 0.4) is 0 Å². The zero-order valence-electron chi connectivity index (χ0n) is 36.4. The average molecular weight is 814 g/mol. The van der Waals surface area contributed by atoms with Crippen LogP contribution in [0.25, 0.3) is 0 Å². The number of carbonyl (C=O) groups is 2. The van der Waals surface area contributed by atoms with Crippen molar-refractivity contribution in [3.63, 3.8) is 0 Å². The van der Waals surface area contributed by atoms with E-state index in [-0.39, 0.29) is 38.6 Å². The smallest absolute Gasteiger partial charge is 0.462 e. The summed E-state index contributed by atoms with van der Waals surface area (Å²) in [5, 5.41) is 0. The number of phosphoric ester groups is 1. The summed E-state index contributed by atoms with van der Waals surface area (Å²) in [6.07, 6.45) is 46.4. The molecule has 0 bridgehead atoms. The molecule has 2 unspecified atom stereocenters. The van der Waals surface area contributed by atoms with Crippen molar-refractivity contribution in [3.05, 3.63) is 24.3 Å². The molecule has 0 radical (unpaired) electrons. The molecule has 0 saturated carbocycles. The monoisotopic (exact) mass is 814 g/mol. The Hall–Kier alpha value is -1.51. The van der Waals surface area contributed by atoms with Crippen molar-refractivity contribution in [1.29, 1.82) is 0 Å². The van der Waals surface area contributed by atoms with E-state index in [1.807, 2.05) is 0 Å². The lowest BCUT2D eigenvalue weighted by Crippen LogP contribution is -2.29. The summed E-state index contributed by atoms with van der Waals surface area (Å²) in [5.74, 6) is -0.834. The van der Waals surface area contributed by atoms with Gasteiger partial charge in [-0.2, -0.15) is 0 Å². The molecule has 0 spiro atoms. The molecule has 0 aromatic carbocycles. The van der Waals surface area contributed by atoms with Gasteiger partial charge in [0.15, 0.2) is 6.10 Å². The minimum Gasteiger partial charge on any atom is -0.462 e. The number of hydrogen-bond donors (Lipinski definition) is 2. The molecule has 0 heterocycles. The molecule has 0 amide bonds. The van der Waals surface area contributed by atoms with Crippen molar-refractivity contribution >= 4 is 19.8 Å². The van der Waals surface area contributed by atoms with Crippen molar-refractivity contribution in [2.75, 3.05) is 26.4 Å². The summed E-state index contributed by atoms with van der Waals surface area (Å²) in [5.41, 5.74) is 5.35. The number of esters is 2. The van der Waals surface area contributed by atoms with Gasteiger partial charge in [0.05, 0.1) is 13.2 Å². The van der Waals surface area contributed by atoms with Gasteiger partial charge in [0, 0.05) is 19.4 Å². The Balaban J connectivity index is 4.09. The van der Waals surface area contributed by atoms with Gasteiger partial charge in [-0.05, 0) is 44.9 Å². The van der Waals surface area contributed by atoms with Gasteiger partial charge in [-0.1, -0.05) is 192 Å². The third-order valence-electron chi connectivity index (χ3n) is 10.1. The van der Waals surface area contributed by atoms with E-state index in [9.17, 15) is 19.0 Å². The Morgan fingerprint density at radius 2 is 0.929 bits per heavy atom. The quantitative estimate of drug-likeness (QED) is 0.0267. The number of hydrogen-bond acceptors (Lipinski definition) is 8. The van der Waals surface area contributed by atoms with Crippen LogP contribution in [0, 0.1) is 0 Å². The van der Waals surface area contributed by atoms with Crippen LogP contribution in [0.15, 0.2) is 24.3 Å². The number of phosphoric acid groups is 1. The predicted molar refractivity (Wildman–Crippen MR) is 234 cm³/mol. The summed E-state index contributed by atoms with van der Waals surface area (Å²) in [6, 6.07) is 0. The fourth-order valence-electron chi connectivity index (χ4n) is 6.61. The second kappa shape index (κ2) is 43.1. The Labute approximate surface area is 344 Å². The Kier molecular flexibility index (Phi) is 41.9. The molecule has 2 atom stereocenters. The molecule has 0 aliphatic heterocycles. The number of nitrogens with two attached hydrogens (primary N) is 1. The first-order valence-corrected chi connectivity index (χ1v) is 24.8. The van der Waals surface area contributed by atoms with Gasteiger partial charge in [-0.15, -0.1) is 0 Å². The van der Waals surface area contributed by atoms with Gasteiger partial charge in [-0.3, -0.25) is 18.6 Å². The molecular weight excluding hydrogens is 725 g/mol. The number of carbonyl (C=O) groups excluding carboxylic acids is 2. The van der Waals surface area contributed by atoms with E-state index >= 15 is 0 Å². The zero-order valence-corrected chi connectivity index (χ0v) is 37.3. The number of ether oxygens (including phenoxy) is 2. The highest BCUT2D eigenvalue weighted by molar-refractivity contribution is 7.47. The SMILES string of the molecule is CCCCCC/C=C\C/C=C\CCCCCCCC(=O)OC(COC(=O)CCCCCCCCCCCCCCCCCCCCC)COP(=O)(O)OCCN. The minimum absolute atomic E-state index is 0.0526. The fourth-order valence-corrected chi connectivity index (χ4v) is 7.37. The van der Waals surface area contributed by atoms with Crippen LogP contribution in [0.1, 0.15) is 226 Å². The lowest BCUT2D eigenvalue weighted by Gasteiger charge is -2.19. The van der Waals surface area contributed by atoms with Crippen LogP contribution in [0.4, 0.5) is 0 Å². The first kappa shape index (κ1) is 54.5. The van der Waals surface area contributed by atoms with Crippen LogP contribution in [0.2, 0.25) is 0 Å². The lowest BCUT2D eigenvalue weighted by molar-refractivity contribution is -0.161. The van der Waals surface area contributed by atoms with Gasteiger partial charge in [0.1, 0.15) is 6.61 Å². The van der Waals surface area contributed by atoms with Crippen molar-refractivity contribution < 1.29 is 37.6 Å². The highest BCUT2D eigenvalue weighted by atomic mass is 31.2. The average Bonchev–Trinajstić information content (AvgIpc) is 3.18. The van der Waals surface area contributed by atoms with Gasteiger partial charge >= 0.3 is 19.8 Å². The maximum Gasteiger partial charge on any atom is 0.472 e. The number of allylic oxidation sites excluding steroid dienone is 4. The molecule has 0 fully saturated rings. The molecule has 9 nitrogen and oxygen atoms in total. The van der Waals surface area contributed by atoms with Crippen LogP contribution < -0.4 is 5.73 Å². The maximum atomic E-state index is 12.6. The molecule has 0 aromatic heterocycles. The highest BCUT2D eigenvalue weighted by Crippen LogP contribution is 2.43. The molecule has 3 N–H and O–H groups in total. The second-order valence-electron chi connectivity index (χ2n) is 15.6. The molecule has 0 aliphatic carbocycles. The number of unbranched alkanes of at least 4 members (excludes halogenated alkanes) is 27. The van der Waals surface area contributed by atoms with E-state index in [0.717, 1.165) is 57.8 Å². The molecule has 0 aromatic rings. The summed E-state index contributed by atoms with van der Waals surface area (Å²) in [4.78, 5) is 34.9. The maximum absolute atomic E-state index is 12.6. The van der Waals surface area contributed by atoms with Crippen LogP contribution >= 0.6 is 7.82 Å². The van der Waals surface area contributed by atoms with Crippen LogP contribution in [-0.2, 0) is 32.7 Å². The van der Waals surface area contributed by atoms with Gasteiger partial charge in [-0.25, -0.2) is 4.57 Å². The Morgan fingerprint density at radius 3 is 1.38 bits per heavy atom. The molecule has 0 saturated heterocycles. The van der Waals surface area contributed by atoms with Crippen molar-refractivity contribution in [1.82, 2.24) is 0 Å². The molecule has 330 valence electrons. The second-order valence-corrected chi connectivity index (χ2v) is 17.1. The topological polar surface area (TPSA) is 134 Å². The summed E-state index contributed by atoms with van der Waals surface area (Å²) < 4.78 is 32.8.